The molecular formula is C18H39N5O10. The van der Waals surface area contributed by atoms with Crippen LogP contribution in [0.25, 0.3) is 0 Å². The fraction of sp³-hybridized carbons (Fsp3) is 1.00. The molecule has 196 valence electrons. The zero-order valence-electron chi connectivity index (χ0n) is 18.2. The first-order chi connectivity index (χ1) is 15.1. The molecule has 0 bridgehead atoms. The maximum absolute atomic E-state index is 11.0. The average Bonchev–Trinajstić information content (AvgIpc) is 2.75. The van der Waals surface area contributed by atoms with Crippen LogP contribution >= 0.6 is 0 Å². The second kappa shape index (κ2) is 11.9. The van der Waals surface area contributed by atoms with Crippen LogP contribution in [0.2, 0.25) is 0 Å². The molecule has 2 saturated heterocycles. The smallest absolute Gasteiger partial charge is 0.186 e. The van der Waals surface area contributed by atoms with Gasteiger partial charge in [-0.2, -0.15) is 0 Å². The Kier molecular flexibility index (Phi) is 10.3. The molecule has 3 fully saturated rings. The zero-order valence-corrected chi connectivity index (χ0v) is 18.2. The van der Waals surface area contributed by atoms with Gasteiger partial charge >= 0.3 is 0 Å². The standard InChI is InChI=1S/C18H37N5O9.H2O/c19-3-9-8(25)2-7(22)17(29-9)31-15-5(20)1-6(21)16(14(15)28)32-18-13(27)11(23)12(26)10(4-24)30-18;/h5-18,24-28H,1-4,19-23H2;1H2/t5?,6?,7?,8?,9-,10-,11?,12?,13?,14?,15?,16?,17?,18?;/m1./s1. The Bertz CT molecular complexity index is 609. The maximum Gasteiger partial charge on any atom is 0.186 e. The summed E-state index contributed by atoms with van der Waals surface area (Å²) in [6.07, 6.45) is -10.8. The van der Waals surface area contributed by atoms with Gasteiger partial charge in [-0.15, -0.1) is 0 Å². The van der Waals surface area contributed by atoms with Crippen molar-refractivity contribution in [3.05, 3.63) is 0 Å². The van der Waals surface area contributed by atoms with Gasteiger partial charge in [-0.1, -0.05) is 0 Å². The van der Waals surface area contributed by atoms with Gasteiger partial charge in [0, 0.05) is 18.6 Å². The van der Waals surface area contributed by atoms with E-state index in [1.165, 1.54) is 0 Å². The lowest BCUT2D eigenvalue weighted by molar-refractivity contribution is -0.314. The van der Waals surface area contributed by atoms with Gasteiger partial charge < -0.3 is 78.6 Å². The monoisotopic (exact) mass is 485 g/mol. The second-order valence-electron chi connectivity index (χ2n) is 8.78. The highest BCUT2D eigenvalue weighted by atomic mass is 16.7. The van der Waals surface area contributed by atoms with E-state index in [4.69, 9.17) is 47.6 Å². The number of rotatable bonds is 6. The summed E-state index contributed by atoms with van der Waals surface area (Å²) in [5.41, 5.74) is 29.8. The molecule has 2 aliphatic heterocycles. The summed E-state index contributed by atoms with van der Waals surface area (Å²) in [6, 6.07) is -3.27. The van der Waals surface area contributed by atoms with E-state index in [9.17, 15) is 25.5 Å². The Morgan fingerprint density at radius 2 is 1.27 bits per heavy atom. The van der Waals surface area contributed by atoms with E-state index in [1.807, 2.05) is 0 Å². The maximum atomic E-state index is 11.0. The molecule has 0 aromatic carbocycles. The van der Waals surface area contributed by atoms with Gasteiger partial charge in [0.05, 0.1) is 30.9 Å². The molecular weight excluding hydrogens is 446 g/mol. The number of hydrogen-bond donors (Lipinski definition) is 10. The van der Waals surface area contributed by atoms with Crippen molar-refractivity contribution in [3.8, 4) is 0 Å². The number of aliphatic hydroxyl groups is 5. The number of hydrogen-bond acceptors (Lipinski definition) is 14. The van der Waals surface area contributed by atoms with Crippen LogP contribution < -0.4 is 28.7 Å². The summed E-state index contributed by atoms with van der Waals surface area (Å²) in [6.45, 7) is -0.499. The first kappa shape index (κ1) is 28.6. The minimum Gasteiger partial charge on any atom is -0.412 e. The van der Waals surface area contributed by atoms with Crippen molar-refractivity contribution in [1.82, 2.24) is 0 Å². The van der Waals surface area contributed by atoms with E-state index in [2.05, 4.69) is 0 Å². The van der Waals surface area contributed by atoms with Crippen molar-refractivity contribution in [2.75, 3.05) is 13.2 Å². The number of aliphatic hydroxyl groups excluding tert-OH is 5. The molecule has 15 nitrogen and oxygen atoms in total. The van der Waals surface area contributed by atoms with Gasteiger partial charge in [-0.05, 0) is 12.8 Å². The molecule has 17 N–H and O–H groups in total. The molecule has 14 atom stereocenters. The summed E-state index contributed by atoms with van der Waals surface area (Å²) < 4.78 is 22.7. The highest BCUT2D eigenvalue weighted by Crippen LogP contribution is 2.30. The Labute approximate surface area is 191 Å². The third kappa shape index (κ3) is 5.97. The summed E-state index contributed by atoms with van der Waals surface area (Å²) in [5.74, 6) is 0. The summed E-state index contributed by atoms with van der Waals surface area (Å²) in [7, 11) is 0. The molecule has 0 aromatic rings. The van der Waals surface area contributed by atoms with Crippen molar-refractivity contribution in [2.24, 2.45) is 28.7 Å². The molecule has 2 heterocycles. The lowest BCUT2D eigenvalue weighted by Crippen LogP contribution is -2.68. The van der Waals surface area contributed by atoms with Gasteiger partial charge in [-0.3, -0.25) is 0 Å². The predicted octanol–water partition coefficient (Wildman–Crippen LogP) is -7.12. The fourth-order valence-electron chi connectivity index (χ4n) is 4.43. The molecule has 33 heavy (non-hydrogen) atoms. The molecule has 0 radical (unpaired) electrons. The Hall–Kier alpha value is -0.600. The van der Waals surface area contributed by atoms with Crippen molar-refractivity contribution < 1.29 is 50.0 Å². The van der Waals surface area contributed by atoms with Crippen LogP contribution in [0.4, 0.5) is 0 Å². The molecule has 12 unspecified atom stereocenters. The first-order valence-electron chi connectivity index (χ1n) is 10.8. The van der Waals surface area contributed by atoms with Gasteiger partial charge in [0.15, 0.2) is 12.6 Å². The molecule has 0 amide bonds. The third-order valence-electron chi connectivity index (χ3n) is 6.41. The van der Waals surface area contributed by atoms with Crippen LogP contribution in [0.15, 0.2) is 0 Å². The van der Waals surface area contributed by atoms with Crippen LogP contribution in [0.1, 0.15) is 12.8 Å². The normalized spacial score (nSPS) is 51.1. The lowest BCUT2D eigenvalue weighted by atomic mass is 9.84. The Morgan fingerprint density at radius 1 is 0.727 bits per heavy atom. The Balaban J connectivity index is 0.00000385. The molecule has 0 aromatic heterocycles. The van der Waals surface area contributed by atoms with Gasteiger partial charge in [0.1, 0.15) is 36.6 Å². The van der Waals surface area contributed by atoms with Crippen molar-refractivity contribution in [3.63, 3.8) is 0 Å². The summed E-state index contributed by atoms with van der Waals surface area (Å²) in [4.78, 5) is 0. The topological polar surface area (TPSA) is 300 Å². The molecule has 1 aliphatic carbocycles. The molecule has 15 heteroatoms. The fourth-order valence-corrected chi connectivity index (χ4v) is 4.43. The summed E-state index contributed by atoms with van der Waals surface area (Å²) >= 11 is 0. The van der Waals surface area contributed by atoms with Crippen molar-refractivity contribution in [2.45, 2.75) is 98.4 Å². The molecule has 0 spiro atoms. The van der Waals surface area contributed by atoms with Crippen LogP contribution in [0.5, 0.6) is 0 Å². The second-order valence-corrected chi connectivity index (χ2v) is 8.78. The van der Waals surface area contributed by atoms with Crippen LogP contribution in [0.3, 0.4) is 0 Å². The highest BCUT2D eigenvalue weighted by Gasteiger charge is 2.50. The van der Waals surface area contributed by atoms with Crippen LogP contribution in [-0.2, 0) is 18.9 Å². The van der Waals surface area contributed by atoms with Crippen LogP contribution in [-0.4, -0.2) is 130 Å². The minimum absolute atomic E-state index is 0. The predicted molar refractivity (Wildman–Crippen MR) is 112 cm³/mol. The zero-order chi connectivity index (χ0) is 23.7. The average molecular weight is 486 g/mol. The first-order valence-corrected chi connectivity index (χ1v) is 10.8. The van der Waals surface area contributed by atoms with Crippen molar-refractivity contribution in [1.29, 1.82) is 0 Å². The molecule has 3 aliphatic rings. The Morgan fingerprint density at radius 3 is 1.82 bits per heavy atom. The van der Waals surface area contributed by atoms with E-state index in [0.29, 0.717) is 0 Å². The third-order valence-corrected chi connectivity index (χ3v) is 6.41. The van der Waals surface area contributed by atoms with E-state index in [0.717, 1.165) is 0 Å². The van der Waals surface area contributed by atoms with E-state index in [-0.39, 0.29) is 24.9 Å². The number of nitrogens with two attached hydrogens (primary N) is 5. The highest BCUT2D eigenvalue weighted by molar-refractivity contribution is 5.01. The molecule has 1 saturated carbocycles. The van der Waals surface area contributed by atoms with E-state index < -0.39 is 92.2 Å². The van der Waals surface area contributed by atoms with Gasteiger partial charge in [0.2, 0.25) is 0 Å². The quantitative estimate of drug-likeness (QED) is 0.167. The minimum atomic E-state index is -1.44. The van der Waals surface area contributed by atoms with Crippen LogP contribution in [0, 0.1) is 0 Å². The lowest BCUT2D eigenvalue weighted by Gasteiger charge is -2.47. The SMILES string of the molecule is NC[C@H]1OC(OC2C(N)CC(N)C(OC3O[C@H](CO)C(O)C(N)C3O)C2O)C(N)CC1O.O. The number of ether oxygens (including phenoxy) is 4. The summed E-state index contributed by atoms with van der Waals surface area (Å²) in [5, 5.41) is 50.7. The van der Waals surface area contributed by atoms with Crippen molar-refractivity contribution >= 4 is 0 Å². The van der Waals surface area contributed by atoms with E-state index >= 15 is 0 Å². The largest absolute Gasteiger partial charge is 0.412 e. The van der Waals surface area contributed by atoms with E-state index in [1.54, 1.807) is 0 Å². The molecule has 3 rings (SSSR count). The van der Waals surface area contributed by atoms with Gasteiger partial charge in [0.25, 0.3) is 0 Å². The van der Waals surface area contributed by atoms with Gasteiger partial charge in [-0.25, -0.2) is 0 Å².